The average molecular weight is 258 g/mol. The molecular weight excluding hydrogens is 238 g/mol. The van der Waals surface area contributed by atoms with E-state index in [1.54, 1.807) is 6.92 Å². The van der Waals surface area contributed by atoms with E-state index in [4.69, 9.17) is 0 Å². The van der Waals surface area contributed by atoms with Crippen LogP contribution in [0.3, 0.4) is 0 Å². The van der Waals surface area contributed by atoms with Crippen molar-refractivity contribution in [2.24, 2.45) is 0 Å². The van der Waals surface area contributed by atoms with Gasteiger partial charge in [-0.25, -0.2) is 8.78 Å². The Morgan fingerprint density at radius 3 is 2.28 bits per heavy atom. The second-order valence-corrected chi connectivity index (χ2v) is 4.75. The van der Waals surface area contributed by atoms with Gasteiger partial charge in [-0.15, -0.1) is 0 Å². The van der Waals surface area contributed by atoms with Crippen LogP contribution in [0, 0.1) is 11.6 Å². The van der Waals surface area contributed by atoms with Crippen LogP contribution in [0.5, 0.6) is 0 Å². The van der Waals surface area contributed by atoms with Gasteiger partial charge < -0.3 is 15.3 Å². The SMILES string of the molecule is CC(NCC(O)CN(C)C)c1cc(F)cc(F)c1. The Morgan fingerprint density at radius 2 is 1.78 bits per heavy atom. The topological polar surface area (TPSA) is 35.5 Å². The number of nitrogens with one attached hydrogen (secondary N) is 1. The summed E-state index contributed by atoms with van der Waals surface area (Å²) < 4.78 is 26.1. The Bertz CT molecular complexity index is 365. The first-order valence-electron chi connectivity index (χ1n) is 5.90. The van der Waals surface area contributed by atoms with Gasteiger partial charge in [0.2, 0.25) is 0 Å². The monoisotopic (exact) mass is 258 g/mol. The highest BCUT2D eigenvalue weighted by Crippen LogP contribution is 2.15. The summed E-state index contributed by atoms with van der Waals surface area (Å²) in [7, 11) is 3.74. The third kappa shape index (κ3) is 5.08. The van der Waals surface area contributed by atoms with E-state index in [0.29, 0.717) is 18.7 Å². The molecule has 0 fully saturated rings. The van der Waals surface area contributed by atoms with E-state index in [0.717, 1.165) is 6.07 Å². The molecule has 2 atom stereocenters. The standard InChI is InChI=1S/C13H20F2N2O/c1-9(16-7-13(18)8-17(2)3)10-4-11(14)6-12(15)5-10/h4-6,9,13,16,18H,7-8H2,1-3H3. The third-order valence-corrected chi connectivity index (χ3v) is 2.62. The Balaban J connectivity index is 2.52. The van der Waals surface area contributed by atoms with Crippen molar-refractivity contribution in [2.45, 2.75) is 19.1 Å². The van der Waals surface area contributed by atoms with E-state index in [1.807, 2.05) is 19.0 Å². The van der Waals surface area contributed by atoms with Crippen LogP contribution in [-0.2, 0) is 0 Å². The van der Waals surface area contributed by atoms with Gasteiger partial charge in [0, 0.05) is 25.2 Å². The maximum absolute atomic E-state index is 13.0. The first-order chi connectivity index (χ1) is 8.38. The molecule has 102 valence electrons. The lowest BCUT2D eigenvalue weighted by molar-refractivity contribution is 0.132. The molecule has 2 unspecified atom stereocenters. The zero-order valence-corrected chi connectivity index (χ0v) is 11.0. The Labute approximate surface area is 106 Å². The van der Waals surface area contributed by atoms with Gasteiger partial charge in [0.05, 0.1) is 6.10 Å². The number of halogens is 2. The van der Waals surface area contributed by atoms with Gasteiger partial charge >= 0.3 is 0 Å². The number of aliphatic hydroxyl groups is 1. The third-order valence-electron chi connectivity index (χ3n) is 2.62. The van der Waals surface area contributed by atoms with Crippen molar-refractivity contribution in [2.75, 3.05) is 27.2 Å². The van der Waals surface area contributed by atoms with Crippen LogP contribution in [0.25, 0.3) is 0 Å². The van der Waals surface area contributed by atoms with Gasteiger partial charge in [0.1, 0.15) is 11.6 Å². The molecule has 1 rings (SSSR count). The average Bonchev–Trinajstić information content (AvgIpc) is 2.23. The lowest BCUT2D eigenvalue weighted by atomic mass is 10.1. The summed E-state index contributed by atoms with van der Waals surface area (Å²) in [5.41, 5.74) is 0.532. The van der Waals surface area contributed by atoms with Gasteiger partial charge in [0.15, 0.2) is 0 Å². The molecule has 0 heterocycles. The van der Waals surface area contributed by atoms with Crippen LogP contribution in [0.1, 0.15) is 18.5 Å². The molecule has 0 aliphatic carbocycles. The van der Waals surface area contributed by atoms with E-state index in [2.05, 4.69) is 5.32 Å². The van der Waals surface area contributed by atoms with E-state index < -0.39 is 17.7 Å². The van der Waals surface area contributed by atoms with Crippen LogP contribution < -0.4 is 5.32 Å². The summed E-state index contributed by atoms with van der Waals surface area (Å²) in [6.45, 7) is 2.71. The van der Waals surface area contributed by atoms with E-state index >= 15 is 0 Å². The molecular formula is C13H20F2N2O. The predicted octanol–water partition coefficient (Wildman–Crippen LogP) is 1.54. The van der Waals surface area contributed by atoms with E-state index in [9.17, 15) is 13.9 Å². The second kappa shape index (κ2) is 6.78. The fraction of sp³-hybridized carbons (Fsp3) is 0.538. The van der Waals surface area contributed by atoms with Crippen molar-refractivity contribution in [3.8, 4) is 0 Å². The van der Waals surface area contributed by atoms with Gasteiger partial charge in [-0.2, -0.15) is 0 Å². The van der Waals surface area contributed by atoms with Crippen molar-refractivity contribution in [1.29, 1.82) is 0 Å². The van der Waals surface area contributed by atoms with Gasteiger partial charge in [-0.3, -0.25) is 0 Å². The molecule has 1 aromatic carbocycles. The molecule has 0 amide bonds. The van der Waals surface area contributed by atoms with Crippen molar-refractivity contribution >= 4 is 0 Å². The Kier molecular flexibility index (Phi) is 5.65. The van der Waals surface area contributed by atoms with Crippen LogP contribution in [-0.4, -0.2) is 43.3 Å². The summed E-state index contributed by atoms with van der Waals surface area (Å²) in [6.07, 6.45) is -0.513. The minimum atomic E-state index is -0.590. The van der Waals surface area contributed by atoms with Gasteiger partial charge in [-0.1, -0.05) is 0 Å². The zero-order valence-electron chi connectivity index (χ0n) is 11.0. The molecule has 0 saturated heterocycles. The number of hydrogen-bond donors (Lipinski definition) is 2. The van der Waals surface area contributed by atoms with Crippen molar-refractivity contribution < 1.29 is 13.9 Å². The molecule has 1 aromatic rings. The zero-order chi connectivity index (χ0) is 13.7. The largest absolute Gasteiger partial charge is 0.390 e. The van der Waals surface area contributed by atoms with E-state index in [1.165, 1.54) is 12.1 Å². The first-order valence-corrected chi connectivity index (χ1v) is 5.90. The summed E-state index contributed by atoms with van der Waals surface area (Å²) in [6, 6.07) is 3.21. The molecule has 5 heteroatoms. The van der Waals surface area contributed by atoms with E-state index in [-0.39, 0.29) is 6.04 Å². The van der Waals surface area contributed by atoms with Crippen LogP contribution in [0.15, 0.2) is 18.2 Å². The minimum Gasteiger partial charge on any atom is -0.390 e. The van der Waals surface area contributed by atoms with Crippen LogP contribution >= 0.6 is 0 Å². The van der Waals surface area contributed by atoms with Crippen molar-refractivity contribution in [3.63, 3.8) is 0 Å². The fourth-order valence-electron chi connectivity index (χ4n) is 1.74. The minimum absolute atomic E-state index is 0.216. The lowest BCUT2D eigenvalue weighted by Crippen LogP contribution is -2.36. The highest BCUT2D eigenvalue weighted by Gasteiger charge is 2.11. The van der Waals surface area contributed by atoms with Crippen molar-refractivity contribution in [1.82, 2.24) is 10.2 Å². The summed E-state index contributed by atoms with van der Waals surface area (Å²) >= 11 is 0. The molecule has 0 radical (unpaired) electrons. The summed E-state index contributed by atoms with van der Waals surface area (Å²) in [4.78, 5) is 1.87. The molecule has 3 nitrogen and oxygen atoms in total. The molecule has 0 saturated carbocycles. The molecule has 0 aliphatic rings. The number of aliphatic hydroxyl groups excluding tert-OH is 1. The first kappa shape index (κ1) is 15.0. The quantitative estimate of drug-likeness (QED) is 0.812. The lowest BCUT2D eigenvalue weighted by Gasteiger charge is -2.20. The summed E-state index contributed by atoms with van der Waals surface area (Å²) in [5, 5.41) is 12.7. The fourth-order valence-corrected chi connectivity index (χ4v) is 1.74. The molecule has 0 aromatic heterocycles. The number of nitrogens with zero attached hydrogens (tertiary/aromatic N) is 1. The summed E-state index contributed by atoms with van der Waals surface area (Å²) in [5.74, 6) is -1.18. The van der Waals surface area contributed by atoms with Gasteiger partial charge in [-0.05, 0) is 38.7 Å². The number of likely N-dealkylation sites (N-methyl/N-ethyl adjacent to an activating group) is 1. The van der Waals surface area contributed by atoms with Crippen LogP contribution in [0.4, 0.5) is 8.78 Å². The Morgan fingerprint density at radius 1 is 1.22 bits per heavy atom. The molecule has 18 heavy (non-hydrogen) atoms. The second-order valence-electron chi connectivity index (χ2n) is 4.75. The number of benzene rings is 1. The number of rotatable bonds is 6. The maximum atomic E-state index is 13.0. The maximum Gasteiger partial charge on any atom is 0.126 e. The predicted molar refractivity (Wildman–Crippen MR) is 67.3 cm³/mol. The number of hydrogen-bond acceptors (Lipinski definition) is 3. The normalized spacial score (nSPS) is 14.8. The molecule has 2 N–H and O–H groups in total. The molecule has 0 aliphatic heterocycles. The van der Waals surface area contributed by atoms with Gasteiger partial charge in [0.25, 0.3) is 0 Å². The Hall–Kier alpha value is -1.04. The van der Waals surface area contributed by atoms with Crippen LogP contribution in [0.2, 0.25) is 0 Å². The molecule has 0 spiro atoms. The van der Waals surface area contributed by atoms with Crippen molar-refractivity contribution in [3.05, 3.63) is 35.4 Å². The smallest absolute Gasteiger partial charge is 0.126 e. The molecule has 0 bridgehead atoms. The highest BCUT2D eigenvalue weighted by atomic mass is 19.1. The highest BCUT2D eigenvalue weighted by molar-refractivity contribution is 5.20.